The Balaban J connectivity index is 2.92. The Morgan fingerprint density at radius 1 is 1.40 bits per heavy atom. The normalized spacial score (nSPS) is 9.00. The van der Waals surface area contributed by atoms with Crippen LogP contribution in [0.15, 0.2) is 24.8 Å². The fraction of sp³-hybridized carbons (Fsp3) is 0. The third-order valence-electron chi connectivity index (χ3n) is 0.272. The standard InChI is InChI=1S/C5H7/c1-3-5-4-2/h3-5H,1-2H2/b5-3-. The minimum Gasteiger partial charge on any atom is -0.0991 e. The highest BCUT2D eigenvalue weighted by Gasteiger charge is 1.42. The van der Waals surface area contributed by atoms with Crippen LogP contribution in [0.2, 0.25) is 0 Å². The van der Waals surface area contributed by atoms with Crippen molar-refractivity contribution >= 4 is 0 Å². The van der Waals surface area contributed by atoms with Crippen LogP contribution < -0.4 is 0 Å². The van der Waals surface area contributed by atoms with Crippen molar-refractivity contribution in [2.24, 2.45) is 0 Å². The fourth-order valence-corrected chi connectivity index (χ4v) is 0.0962. The van der Waals surface area contributed by atoms with Crippen molar-refractivity contribution in [3.8, 4) is 0 Å². The average molecular weight is 67.1 g/mol. The van der Waals surface area contributed by atoms with E-state index in [4.69, 9.17) is 0 Å². The predicted octanol–water partition coefficient (Wildman–Crippen LogP) is 1.56. The second kappa shape index (κ2) is 3.48. The Kier molecular flexibility index (Phi) is 3.12. The van der Waals surface area contributed by atoms with E-state index in [9.17, 15) is 0 Å². The van der Waals surface area contributed by atoms with Gasteiger partial charge < -0.3 is 0 Å². The first-order valence-electron chi connectivity index (χ1n) is 1.48. The summed E-state index contributed by atoms with van der Waals surface area (Å²) in [5.74, 6) is 0. The van der Waals surface area contributed by atoms with Gasteiger partial charge in [0.25, 0.3) is 0 Å². The zero-order chi connectivity index (χ0) is 4.12. The summed E-state index contributed by atoms with van der Waals surface area (Å²) in [7, 11) is 0. The van der Waals surface area contributed by atoms with Crippen molar-refractivity contribution < 1.29 is 0 Å². The van der Waals surface area contributed by atoms with Gasteiger partial charge in [0.1, 0.15) is 0 Å². The lowest BCUT2D eigenvalue weighted by molar-refractivity contribution is 1.99. The van der Waals surface area contributed by atoms with Gasteiger partial charge in [-0.3, -0.25) is 0 Å². The van der Waals surface area contributed by atoms with Crippen molar-refractivity contribution in [1.82, 2.24) is 0 Å². The molecule has 0 aromatic rings. The zero-order valence-electron chi connectivity index (χ0n) is 3.15. The van der Waals surface area contributed by atoms with Gasteiger partial charge in [0.2, 0.25) is 0 Å². The van der Waals surface area contributed by atoms with Crippen molar-refractivity contribution in [3.63, 3.8) is 0 Å². The van der Waals surface area contributed by atoms with Crippen LogP contribution in [-0.4, -0.2) is 0 Å². The number of hydrogen-bond donors (Lipinski definition) is 0. The van der Waals surface area contributed by atoms with Crippen molar-refractivity contribution in [2.45, 2.75) is 0 Å². The molecule has 0 aromatic carbocycles. The maximum atomic E-state index is 3.42. The van der Waals surface area contributed by atoms with Crippen LogP contribution in [0.4, 0.5) is 0 Å². The van der Waals surface area contributed by atoms with Gasteiger partial charge in [0, 0.05) is 0 Å². The molecule has 0 N–H and O–H groups in total. The summed E-state index contributed by atoms with van der Waals surface area (Å²) in [5.41, 5.74) is 0. The molecule has 1 radical (unpaired) electrons. The molecule has 0 aliphatic heterocycles. The summed E-state index contributed by atoms with van der Waals surface area (Å²) < 4.78 is 0. The van der Waals surface area contributed by atoms with Crippen LogP contribution >= 0.6 is 0 Å². The fourth-order valence-electron chi connectivity index (χ4n) is 0.0962. The molecule has 0 heterocycles. The molecule has 0 unspecified atom stereocenters. The maximum absolute atomic E-state index is 3.42. The lowest BCUT2D eigenvalue weighted by Crippen LogP contribution is -1.34. The third-order valence-corrected chi connectivity index (χ3v) is 0.272. The smallest absolute Gasteiger partial charge is 0.0313 e. The van der Waals surface area contributed by atoms with Crippen LogP contribution in [-0.2, 0) is 0 Å². The Labute approximate surface area is 32.8 Å². The van der Waals surface area contributed by atoms with Gasteiger partial charge in [0.05, 0.1) is 0 Å². The highest BCUT2D eigenvalue weighted by atomic mass is 13.5. The Bertz CT molecular complexity index is 42.0. The largest absolute Gasteiger partial charge is 0.0991 e. The topological polar surface area (TPSA) is 0 Å². The monoisotopic (exact) mass is 67.1 g/mol. The second-order valence-corrected chi connectivity index (χ2v) is 0.664. The summed E-state index contributed by atoms with van der Waals surface area (Å²) >= 11 is 0. The van der Waals surface area contributed by atoms with Crippen molar-refractivity contribution in [2.75, 3.05) is 0 Å². The summed E-state index contributed by atoms with van der Waals surface area (Å²) in [6.07, 6.45) is 5.15. The van der Waals surface area contributed by atoms with Crippen molar-refractivity contribution in [1.29, 1.82) is 0 Å². The lowest BCUT2D eigenvalue weighted by atomic mass is 10.5. The Morgan fingerprint density at radius 2 is 2.00 bits per heavy atom. The van der Waals surface area contributed by atoms with Gasteiger partial charge in [-0.05, 0) is 6.92 Å². The molecule has 0 fully saturated rings. The molecule has 0 bridgehead atoms. The molecule has 0 aliphatic rings. The van der Waals surface area contributed by atoms with Gasteiger partial charge in [-0.1, -0.05) is 24.8 Å². The molecule has 0 saturated carbocycles. The first-order valence-corrected chi connectivity index (χ1v) is 1.48. The SMILES string of the molecule is [CH2]/C=C\C=C. The molecule has 0 atom stereocenters. The summed E-state index contributed by atoms with van der Waals surface area (Å²) in [4.78, 5) is 0. The molecule has 0 spiro atoms. The van der Waals surface area contributed by atoms with Gasteiger partial charge in [-0.15, -0.1) is 0 Å². The zero-order valence-corrected chi connectivity index (χ0v) is 3.15. The van der Waals surface area contributed by atoms with E-state index in [1.165, 1.54) is 0 Å². The minimum atomic E-state index is 1.69. The van der Waals surface area contributed by atoms with Gasteiger partial charge >= 0.3 is 0 Å². The molecule has 0 heteroatoms. The highest BCUT2D eigenvalue weighted by molar-refractivity contribution is 4.98. The van der Waals surface area contributed by atoms with Gasteiger partial charge in [-0.2, -0.15) is 0 Å². The maximum Gasteiger partial charge on any atom is -0.0313 e. The predicted molar refractivity (Wildman–Crippen MR) is 24.7 cm³/mol. The summed E-state index contributed by atoms with van der Waals surface area (Å²) in [6.45, 7) is 6.85. The molecular formula is C5H7. The van der Waals surface area contributed by atoms with Gasteiger partial charge in [0.15, 0.2) is 0 Å². The number of rotatable bonds is 1. The first kappa shape index (κ1) is 4.48. The molecule has 5 heavy (non-hydrogen) atoms. The van der Waals surface area contributed by atoms with E-state index in [0.717, 1.165) is 0 Å². The Morgan fingerprint density at radius 3 is 2.00 bits per heavy atom. The van der Waals surface area contributed by atoms with Crippen molar-refractivity contribution in [3.05, 3.63) is 31.7 Å². The summed E-state index contributed by atoms with van der Waals surface area (Å²) in [6, 6.07) is 0. The van der Waals surface area contributed by atoms with E-state index < -0.39 is 0 Å². The number of allylic oxidation sites excluding steroid dienone is 3. The molecule has 0 aromatic heterocycles. The van der Waals surface area contributed by atoms with Crippen LogP contribution in [0.5, 0.6) is 0 Å². The number of hydrogen-bond acceptors (Lipinski definition) is 0. The molecule has 0 nitrogen and oxygen atoms in total. The van der Waals surface area contributed by atoms with Crippen LogP contribution in [0.1, 0.15) is 0 Å². The molecule has 0 amide bonds. The van der Waals surface area contributed by atoms with Gasteiger partial charge in [-0.25, -0.2) is 0 Å². The van der Waals surface area contributed by atoms with E-state index in [-0.39, 0.29) is 0 Å². The minimum absolute atomic E-state index is 1.69. The quantitative estimate of drug-likeness (QED) is 0.408. The molecule has 0 aliphatic carbocycles. The second-order valence-electron chi connectivity index (χ2n) is 0.664. The first-order chi connectivity index (χ1) is 2.41. The molecule has 0 saturated heterocycles. The lowest BCUT2D eigenvalue weighted by Gasteiger charge is -1.55. The average Bonchev–Trinajstić information content (AvgIpc) is 1.41. The molecular weight excluding hydrogens is 60.1 g/mol. The van der Waals surface area contributed by atoms with Crippen LogP contribution in [0, 0.1) is 6.92 Å². The highest BCUT2D eigenvalue weighted by Crippen LogP contribution is 1.63. The van der Waals surface area contributed by atoms with E-state index in [0.29, 0.717) is 0 Å². The van der Waals surface area contributed by atoms with E-state index >= 15 is 0 Å². The summed E-state index contributed by atoms with van der Waals surface area (Å²) in [5, 5.41) is 0. The third kappa shape index (κ3) is 3.48. The molecule has 27 valence electrons. The van der Waals surface area contributed by atoms with E-state index in [1.54, 1.807) is 18.2 Å². The molecule has 0 rings (SSSR count). The Hall–Kier alpha value is -0.520. The van der Waals surface area contributed by atoms with E-state index in [1.807, 2.05) is 0 Å². The van der Waals surface area contributed by atoms with Crippen LogP contribution in [0.3, 0.4) is 0 Å². The van der Waals surface area contributed by atoms with Crippen LogP contribution in [0.25, 0.3) is 0 Å². The van der Waals surface area contributed by atoms with E-state index in [2.05, 4.69) is 13.5 Å².